The SMILES string of the molecule is Cc1ccc(S(=O)(=O)NC(CO)Cc2ccccc2)cc1Cl. The topological polar surface area (TPSA) is 66.4 Å². The highest BCUT2D eigenvalue weighted by molar-refractivity contribution is 7.89. The second-order valence-corrected chi connectivity index (χ2v) is 7.22. The van der Waals surface area contributed by atoms with Crippen LogP contribution in [0.15, 0.2) is 53.4 Å². The summed E-state index contributed by atoms with van der Waals surface area (Å²) in [7, 11) is -3.73. The third kappa shape index (κ3) is 4.30. The van der Waals surface area contributed by atoms with Crippen molar-refractivity contribution in [2.24, 2.45) is 0 Å². The van der Waals surface area contributed by atoms with E-state index in [1.165, 1.54) is 12.1 Å². The van der Waals surface area contributed by atoms with Crippen LogP contribution in [0.5, 0.6) is 0 Å². The molecule has 0 aliphatic carbocycles. The monoisotopic (exact) mass is 339 g/mol. The lowest BCUT2D eigenvalue weighted by molar-refractivity contribution is 0.256. The maximum atomic E-state index is 12.4. The Kier molecular flexibility index (Phi) is 5.58. The van der Waals surface area contributed by atoms with Crippen LogP contribution in [0.25, 0.3) is 0 Å². The molecule has 4 nitrogen and oxygen atoms in total. The van der Waals surface area contributed by atoms with Crippen molar-refractivity contribution < 1.29 is 13.5 Å². The standard InChI is InChI=1S/C16H18ClNO3S/c1-12-7-8-15(10-16(12)17)22(20,21)18-14(11-19)9-13-5-3-2-4-6-13/h2-8,10,14,18-19H,9,11H2,1H3. The third-order valence-corrected chi connectivity index (χ3v) is 5.25. The van der Waals surface area contributed by atoms with Gasteiger partial charge in [0.2, 0.25) is 10.0 Å². The Morgan fingerprint density at radius 3 is 2.45 bits per heavy atom. The number of aliphatic hydroxyl groups is 1. The minimum absolute atomic E-state index is 0.0922. The van der Waals surface area contributed by atoms with Gasteiger partial charge in [0.1, 0.15) is 0 Å². The van der Waals surface area contributed by atoms with Gasteiger partial charge in [0.25, 0.3) is 0 Å². The van der Waals surface area contributed by atoms with Gasteiger partial charge in [-0.1, -0.05) is 48.0 Å². The van der Waals surface area contributed by atoms with E-state index in [2.05, 4.69) is 4.72 Å². The molecule has 0 aromatic heterocycles. The Labute approximate surface area is 135 Å². The number of halogens is 1. The van der Waals surface area contributed by atoms with Gasteiger partial charge < -0.3 is 5.11 Å². The number of aryl methyl sites for hydroxylation is 1. The van der Waals surface area contributed by atoms with Crippen molar-refractivity contribution in [1.29, 1.82) is 0 Å². The summed E-state index contributed by atoms with van der Waals surface area (Å²) in [6.45, 7) is 1.52. The van der Waals surface area contributed by atoms with Gasteiger partial charge in [-0.2, -0.15) is 0 Å². The van der Waals surface area contributed by atoms with E-state index >= 15 is 0 Å². The van der Waals surface area contributed by atoms with Crippen LogP contribution in [0.3, 0.4) is 0 Å². The molecule has 0 radical (unpaired) electrons. The van der Waals surface area contributed by atoms with Gasteiger partial charge in [-0.3, -0.25) is 0 Å². The number of aliphatic hydroxyl groups excluding tert-OH is 1. The minimum Gasteiger partial charge on any atom is -0.395 e. The molecule has 2 N–H and O–H groups in total. The van der Waals surface area contributed by atoms with Crippen LogP contribution in [-0.2, 0) is 16.4 Å². The van der Waals surface area contributed by atoms with Crippen LogP contribution < -0.4 is 4.72 Å². The smallest absolute Gasteiger partial charge is 0.240 e. The van der Waals surface area contributed by atoms with Crippen LogP contribution in [0.1, 0.15) is 11.1 Å². The molecule has 0 saturated carbocycles. The second kappa shape index (κ2) is 7.24. The highest BCUT2D eigenvalue weighted by atomic mass is 35.5. The van der Waals surface area contributed by atoms with E-state index in [4.69, 9.17) is 11.6 Å². The summed E-state index contributed by atoms with van der Waals surface area (Å²) in [5.41, 5.74) is 1.76. The number of benzene rings is 2. The number of sulfonamides is 1. The lowest BCUT2D eigenvalue weighted by Gasteiger charge is -2.17. The first-order valence-electron chi connectivity index (χ1n) is 6.85. The van der Waals surface area contributed by atoms with Crippen LogP contribution in [0.4, 0.5) is 0 Å². The molecule has 0 spiro atoms. The molecule has 1 atom stereocenters. The summed E-state index contributed by atoms with van der Waals surface area (Å²) in [4.78, 5) is 0.0922. The van der Waals surface area contributed by atoms with E-state index in [0.29, 0.717) is 11.4 Å². The zero-order valence-electron chi connectivity index (χ0n) is 12.2. The molecule has 2 rings (SSSR count). The zero-order chi connectivity index (χ0) is 16.2. The van der Waals surface area contributed by atoms with Crippen molar-refractivity contribution in [1.82, 2.24) is 4.72 Å². The highest BCUT2D eigenvalue weighted by Crippen LogP contribution is 2.20. The Hall–Kier alpha value is -1.40. The molecule has 6 heteroatoms. The summed E-state index contributed by atoms with van der Waals surface area (Å²) in [6, 6.07) is 13.4. The molecule has 0 aliphatic heterocycles. The minimum atomic E-state index is -3.73. The molecule has 0 bridgehead atoms. The molecule has 0 heterocycles. The van der Waals surface area contributed by atoms with E-state index in [9.17, 15) is 13.5 Å². The van der Waals surface area contributed by atoms with Gasteiger partial charge in [-0.25, -0.2) is 13.1 Å². The second-order valence-electron chi connectivity index (χ2n) is 5.10. The van der Waals surface area contributed by atoms with Crippen molar-refractivity contribution in [2.45, 2.75) is 24.3 Å². The predicted molar refractivity (Wildman–Crippen MR) is 87.5 cm³/mol. The van der Waals surface area contributed by atoms with E-state index in [1.807, 2.05) is 30.3 Å². The maximum Gasteiger partial charge on any atom is 0.240 e. The van der Waals surface area contributed by atoms with Gasteiger partial charge in [-0.15, -0.1) is 0 Å². The van der Waals surface area contributed by atoms with Crippen LogP contribution in [-0.4, -0.2) is 26.2 Å². The largest absolute Gasteiger partial charge is 0.395 e. The van der Waals surface area contributed by atoms with E-state index in [1.54, 1.807) is 13.0 Å². The number of hydrogen-bond donors (Lipinski definition) is 2. The molecule has 2 aromatic carbocycles. The van der Waals surface area contributed by atoms with Gasteiger partial charge in [0.05, 0.1) is 11.5 Å². The van der Waals surface area contributed by atoms with Gasteiger partial charge in [-0.05, 0) is 36.6 Å². The number of rotatable bonds is 6. The lowest BCUT2D eigenvalue weighted by atomic mass is 10.1. The lowest BCUT2D eigenvalue weighted by Crippen LogP contribution is -2.39. The average Bonchev–Trinajstić information content (AvgIpc) is 2.50. The molecule has 0 fully saturated rings. The van der Waals surface area contributed by atoms with Gasteiger partial charge in [0, 0.05) is 11.1 Å². The van der Waals surface area contributed by atoms with Crippen molar-refractivity contribution >= 4 is 21.6 Å². The van der Waals surface area contributed by atoms with Crippen molar-refractivity contribution in [3.05, 3.63) is 64.7 Å². The van der Waals surface area contributed by atoms with Crippen molar-refractivity contribution in [2.75, 3.05) is 6.61 Å². The first-order valence-corrected chi connectivity index (χ1v) is 8.72. The summed E-state index contributed by atoms with van der Waals surface area (Å²) < 4.78 is 27.3. The van der Waals surface area contributed by atoms with E-state index in [0.717, 1.165) is 11.1 Å². The summed E-state index contributed by atoms with van der Waals surface area (Å²) in [5.74, 6) is 0. The first-order chi connectivity index (χ1) is 10.4. The van der Waals surface area contributed by atoms with Crippen molar-refractivity contribution in [3.63, 3.8) is 0 Å². The summed E-state index contributed by atoms with van der Waals surface area (Å²) >= 11 is 5.98. The maximum absolute atomic E-state index is 12.4. The Morgan fingerprint density at radius 1 is 1.18 bits per heavy atom. The fourth-order valence-electron chi connectivity index (χ4n) is 2.07. The molecule has 118 valence electrons. The summed E-state index contributed by atoms with van der Waals surface area (Å²) in [6.07, 6.45) is 0.413. The third-order valence-electron chi connectivity index (χ3n) is 3.32. The average molecular weight is 340 g/mol. The quantitative estimate of drug-likeness (QED) is 0.850. The molecular formula is C16H18ClNO3S. The fourth-order valence-corrected chi connectivity index (χ4v) is 3.57. The van der Waals surface area contributed by atoms with Gasteiger partial charge in [0.15, 0.2) is 0 Å². The normalized spacial score (nSPS) is 13.0. The zero-order valence-corrected chi connectivity index (χ0v) is 13.7. The van der Waals surface area contributed by atoms with Gasteiger partial charge >= 0.3 is 0 Å². The van der Waals surface area contributed by atoms with E-state index in [-0.39, 0.29) is 11.5 Å². The Morgan fingerprint density at radius 2 is 1.86 bits per heavy atom. The number of nitrogens with one attached hydrogen (secondary N) is 1. The molecule has 2 aromatic rings. The van der Waals surface area contributed by atoms with Crippen LogP contribution in [0.2, 0.25) is 5.02 Å². The number of hydrogen-bond acceptors (Lipinski definition) is 3. The first kappa shape index (κ1) is 17.0. The van der Waals surface area contributed by atoms with Crippen LogP contribution >= 0.6 is 11.6 Å². The predicted octanol–water partition coefficient (Wildman–Crippen LogP) is 2.53. The molecular weight excluding hydrogens is 322 g/mol. The Balaban J connectivity index is 2.16. The van der Waals surface area contributed by atoms with E-state index < -0.39 is 16.1 Å². The molecule has 0 aliphatic rings. The molecule has 0 amide bonds. The molecule has 0 saturated heterocycles. The summed E-state index contributed by atoms with van der Waals surface area (Å²) in [5, 5.41) is 9.84. The molecule has 22 heavy (non-hydrogen) atoms. The van der Waals surface area contributed by atoms with Crippen molar-refractivity contribution in [3.8, 4) is 0 Å². The van der Waals surface area contributed by atoms with Crippen LogP contribution in [0, 0.1) is 6.92 Å². The Bertz CT molecular complexity index is 732. The molecule has 1 unspecified atom stereocenters. The highest BCUT2D eigenvalue weighted by Gasteiger charge is 2.20. The fraction of sp³-hybridized carbons (Fsp3) is 0.250.